The van der Waals surface area contributed by atoms with E-state index in [1.54, 1.807) is 23.1 Å². The number of fused-ring (bicyclic) bond motifs is 2. The van der Waals surface area contributed by atoms with Gasteiger partial charge in [-0.05, 0) is 29.7 Å². The van der Waals surface area contributed by atoms with E-state index in [9.17, 15) is 19.2 Å². The van der Waals surface area contributed by atoms with E-state index < -0.39 is 24.1 Å². The van der Waals surface area contributed by atoms with E-state index in [1.807, 2.05) is 30.3 Å². The van der Waals surface area contributed by atoms with Gasteiger partial charge >= 0.3 is 12.1 Å². The maximum absolute atomic E-state index is 13.5. The van der Waals surface area contributed by atoms with Gasteiger partial charge in [-0.15, -0.1) is 0 Å². The summed E-state index contributed by atoms with van der Waals surface area (Å²) in [5.74, 6) is -0.876. The third-order valence-corrected chi connectivity index (χ3v) is 6.77. The van der Waals surface area contributed by atoms with Gasteiger partial charge in [0, 0.05) is 31.3 Å². The second-order valence-corrected chi connectivity index (χ2v) is 8.75. The first kappa shape index (κ1) is 22.9. The Balaban J connectivity index is 1.34. The number of urea groups is 1. The molecule has 0 bridgehead atoms. The van der Waals surface area contributed by atoms with Gasteiger partial charge in [-0.2, -0.15) is 0 Å². The Morgan fingerprint density at radius 2 is 1.94 bits per heavy atom. The third kappa shape index (κ3) is 3.99. The van der Waals surface area contributed by atoms with Crippen LogP contribution in [0.5, 0.6) is 0 Å². The van der Waals surface area contributed by atoms with Crippen molar-refractivity contribution < 1.29 is 28.7 Å². The molecule has 5 amide bonds. The Morgan fingerprint density at radius 1 is 1.14 bits per heavy atom. The zero-order valence-electron chi connectivity index (χ0n) is 19.3. The maximum Gasteiger partial charge on any atom is 0.418 e. The lowest BCUT2D eigenvalue weighted by molar-refractivity contribution is -0.146. The number of rotatable bonds is 4. The number of benzene rings is 2. The summed E-state index contributed by atoms with van der Waals surface area (Å²) in [5.41, 5.74) is 1.45. The summed E-state index contributed by atoms with van der Waals surface area (Å²) < 4.78 is 11.2. The number of aryl methyl sites for hydroxylation is 1. The molecule has 2 aliphatic heterocycles. The van der Waals surface area contributed by atoms with Gasteiger partial charge in [0.05, 0.1) is 19.3 Å². The zero-order valence-corrected chi connectivity index (χ0v) is 19.3. The molecule has 10 nitrogen and oxygen atoms in total. The molecular weight excluding hydrogens is 452 g/mol. The van der Waals surface area contributed by atoms with Crippen LogP contribution in [0.1, 0.15) is 29.2 Å². The summed E-state index contributed by atoms with van der Waals surface area (Å²) in [6.45, 7) is 0.702. The first-order valence-corrected chi connectivity index (χ1v) is 11.5. The van der Waals surface area contributed by atoms with Gasteiger partial charge in [-0.25, -0.2) is 14.5 Å². The molecule has 3 aliphatic rings. The number of carbonyl (C=O) groups excluding carboxylic acids is 4. The van der Waals surface area contributed by atoms with Gasteiger partial charge in [0.15, 0.2) is 0 Å². The van der Waals surface area contributed by atoms with Crippen LogP contribution in [0, 0.1) is 0 Å². The van der Waals surface area contributed by atoms with Crippen LogP contribution in [0.4, 0.5) is 15.3 Å². The van der Waals surface area contributed by atoms with Crippen LogP contribution in [-0.4, -0.2) is 67.1 Å². The predicted octanol–water partition coefficient (Wildman–Crippen LogP) is 2.16. The topological polar surface area (TPSA) is 117 Å². The molecule has 2 N–H and O–H groups in total. The van der Waals surface area contributed by atoms with Crippen LogP contribution in [0.2, 0.25) is 0 Å². The highest BCUT2D eigenvalue weighted by molar-refractivity contribution is 6.06. The Labute approximate surface area is 202 Å². The summed E-state index contributed by atoms with van der Waals surface area (Å²) in [6.07, 6.45) is -0.0438. The van der Waals surface area contributed by atoms with E-state index in [4.69, 9.17) is 9.47 Å². The van der Waals surface area contributed by atoms with Gasteiger partial charge in [0.1, 0.15) is 6.54 Å². The molecule has 2 heterocycles. The molecule has 2 atom stereocenters. The van der Waals surface area contributed by atoms with Gasteiger partial charge in [-0.1, -0.05) is 36.4 Å². The van der Waals surface area contributed by atoms with E-state index in [0.717, 1.165) is 16.0 Å². The number of imide groups is 1. The molecule has 1 aliphatic carbocycles. The quantitative estimate of drug-likeness (QED) is 0.696. The SMILES string of the molecule is CNC(=O)Nc1ccc2c(c1)CCC21OC(=O)N(CC(=O)N2CCOC[C@@H]2c2ccccc2)C1=O. The van der Waals surface area contributed by atoms with E-state index in [0.29, 0.717) is 37.4 Å². The minimum Gasteiger partial charge on any atom is -0.427 e. The molecule has 2 aromatic carbocycles. The number of nitrogens with zero attached hydrogens (tertiary/aromatic N) is 2. The zero-order chi connectivity index (χ0) is 24.6. The van der Waals surface area contributed by atoms with Crippen LogP contribution < -0.4 is 10.6 Å². The van der Waals surface area contributed by atoms with Crippen molar-refractivity contribution in [2.45, 2.75) is 24.5 Å². The third-order valence-electron chi connectivity index (χ3n) is 6.77. The molecule has 5 rings (SSSR count). The lowest BCUT2D eigenvalue weighted by atomic mass is 9.94. The average molecular weight is 479 g/mol. The lowest BCUT2D eigenvalue weighted by Crippen LogP contribution is -2.49. The number of amides is 5. The lowest BCUT2D eigenvalue weighted by Gasteiger charge is -2.36. The summed E-state index contributed by atoms with van der Waals surface area (Å²) in [5, 5.41) is 5.18. The fourth-order valence-corrected chi connectivity index (χ4v) is 5.00. The smallest absolute Gasteiger partial charge is 0.418 e. The number of hydrogen-bond acceptors (Lipinski definition) is 6. The summed E-state index contributed by atoms with van der Waals surface area (Å²) >= 11 is 0. The molecule has 10 heteroatoms. The van der Waals surface area contributed by atoms with Crippen LogP contribution in [0.3, 0.4) is 0 Å². The van der Waals surface area contributed by atoms with E-state index in [2.05, 4.69) is 10.6 Å². The highest BCUT2D eigenvalue weighted by Gasteiger charge is 2.58. The summed E-state index contributed by atoms with van der Waals surface area (Å²) in [4.78, 5) is 53.7. The average Bonchev–Trinajstić information content (AvgIpc) is 3.36. The first-order chi connectivity index (χ1) is 16.9. The second-order valence-electron chi connectivity index (χ2n) is 8.75. The van der Waals surface area contributed by atoms with Crippen molar-refractivity contribution >= 4 is 29.6 Å². The van der Waals surface area contributed by atoms with Crippen molar-refractivity contribution in [3.8, 4) is 0 Å². The van der Waals surface area contributed by atoms with Crippen molar-refractivity contribution in [1.29, 1.82) is 0 Å². The maximum atomic E-state index is 13.5. The second kappa shape index (κ2) is 9.03. The highest BCUT2D eigenvalue weighted by Crippen LogP contribution is 2.46. The van der Waals surface area contributed by atoms with Crippen LogP contribution in [-0.2, 0) is 31.1 Å². The summed E-state index contributed by atoms with van der Waals surface area (Å²) in [7, 11) is 1.52. The largest absolute Gasteiger partial charge is 0.427 e. The fourth-order valence-electron chi connectivity index (χ4n) is 5.00. The van der Waals surface area contributed by atoms with E-state index >= 15 is 0 Å². The molecule has 0 radical (unpaired) electrons. The van der Waals surface area contributed by atoms with Crippen LogP contribution in [0.15, 0.2) is 48.5 Å². The van der Waals surface area contributed by atoms with Crippen molar-refractivity contribution in [3.05, 3.63) is 65.2 Å². The van der Waals surface area contributed by atoms with Gasteiger partial charge in [-0.3, -0.25) is 9.59 Å². The molecule has 35 heavy (non-hydrogen) atoms. The number of anilines is 1. The predicted molar refractivity (Wildman–Crippen MR) is 124 cm³/mol. The van der Waals surface area contributed by atoms with Crippen LogP contribution >= 0.6 is 0 Å². The normalized spacial score (nSPS) is 23.3. The van der Waals surface area contributed by atoms with Crippen molar-refractivity contribution in [2.75, 3.05) is 38.7 Å². The highest BCUT2D eigenvalue weighted by atomic mass is 16.6. The number of nitrogens with one attached hydrogen (secondary N) is 2. The fraction of sp³-hybridized carbons (Fsp3) is 0.360. The Kier molecular flexibility index (Phi) is 5.89. The van der Waals surface area contributed by atoms with Crippen molar-refractivity contribution in [2.24, 2.45) is 0 Å². The molecule has 2 aromatic rings. The molecule has 0 aromatic heterocycles. The van der Waals surface area contributed by atoms with Gasteiger partial charge in [0.25, 0.3) is 5.91 Å². The Morgan fingerprint density at radius 3 is 2.71 bits per heavy atom. The van der Waals surface area contributed by atoms with Gasteiger partial charge < -0.3 is 25.0 Å². The first-order valence-electron chi connectivity index (χ1n) is 11.5. The molecule has 182 valence electrons. The molecular formula is C25H26N4O6. The molecule has 1 spiro atoms. The van der Waals surface area contributed by atoms with Gasteiger partial charge in [0.2, 0.25) is 11.5 Å². The molecule has 0 saturated carbocycles. The summed E-state index contributed by atoms with van der Waals surface area (Å²) in [6, 6.07) is 14.0. The van der Waals surface area contributed by atoms with E-state index in [-0.39, 0.29) is 24.4 Å². The number of hydrogen-bond donors (Lipinski definition) is 2. The molecule has 1 unspecified atom stereocenters. The Hall–Kier alpha value is -3.92. The number of carbonyl (C=O) groups is 4. The molecule has 2 fully saturated rings. The standard InChI is InChI=1S/C25H26N4O6/c1-26-23(32)27-18-7-8-19-17(13-18)9-10-25(19)22(31)29(24(33)35-25)14-21(30)28-11-12-34-15-20(28)16-5-3-2-4-6-16/h2-8,13,20H,9-12,14-15H2,1H3,(H2,26,27,32)/t20-,25?/m1/s1. The minimum absolute atomic E-state index is 0.283. The number of morpholine rings is 1. The monoisotopic (exact) mass is 478 g/mol. The van der Waals surface area contributed by atoms with Crippen molar-refractivity contribution in [3.63, 3.8) is 0 Å². The van der Waals surface area contributed by atoms with Crippen LogP contribution in [0.25, 0.3) is 0 Å². The number of ether oxygens (including phenoxy) is 2. The van der Waals surface area contributed by atoms with Crippen molar-refractivity contribution in [1.82, 2.24) is 15.1 Å². The molecule has 2 saturated heterocycles. The minimum atomic E-state index is -1.44. The van der Waals surface area contributed by atoms with E-state index in [1.165, 1.54) is 7.05 Å². The Bertz CT molecular complexity index is 1190.